The largest absolute Gasteiger partial charge is 0.454 e. The second kappa shape index (κ2) is 9.16. The summed E-state index contributed by atoms with van der Waals surface area (Å²) in [6.45, 7) is -0.361. The zero-order valence-corrected chi connectivity index (χ0v) is 16.0. The lowest BCUT2D eigenvalue weighted by molar-refractivity contribution is -0.121. The van der Waals surface area contributed by atoms with Crippen LogP contribution in [0, 0.1) is 0 Å². The molecule has 9 heteroatoms. The molecule has 1 heterocycles. The van der Waals surface area contributed by atoms with Gasteiger partial charge in [-0.25, -0.2) is 4.79 Å². The normalized spacial score (nSPS) is 15.5. The molecule has 1 atom stereocenters. The Kier molecular flexibility index (Phi) is 6.40. The number of thioether (sulfide) groups is 1. The number of benzene rings is 2. The maximum absolute atomic E-state index is 12.1. The Bertz CT molecular complexity index is 973. The van der Waals surface area contributed by atoms with Gasteiger partial charge < -0.3 is 15.8 Å². The Morgan fingerprint density at radius 3 is 2.34 bits per heavy atom. The molecule has 3 N–H and O–H groups in total. The molecule has 2 aromatic rings. The van der Waals surface area contributed by atoms with Crippen LogP contribution < -0.4 is 11.1 Å². The number of aliphatic imine (C=N–C) groups is 1. The molecular formula is C20H17N3O5S. The van der Waals surface area contributed by atoms with E-state index in [1.807, 2.05) is 0 Å². The van der Waals surface area contributed by atoms with Crippen LogP contribution in [0.4, 0.5) is 5.69 Å². The maximum atomic E-state index is 12.1. The lowest BCUT2D eigenvalue weighted by atomic mass is 10.1. The lowest BCUT2D eigenvalue weighted by Gasteiger charge is -2.09. The second-order valence-corrected chi connectivity index (χ2v) is 7.31. The molecule has 3 rings (SSSR count). The second-order valence-electron chi connectivity index (χ2n) is 6.09. The number of esters is 1. The van der Waals surface area contributed by atoms with Crippen LogP contribution in [-0.2, 0) is 14.3 Å². The van der Waals surface area contributed by atoms with E-state index in [4.69, 9.17) is 10.5 Å². The predicted molar refractivity (Wildman–Crippen MR) is 109 cm³/mol. The summed E-state index contributed by atoms with van der Waals surface area (Å²) in [7, 11) is 0. The van der Waals surface area contributed by atoms with Gasteiger partial charge in [-0.1, -0.05) is 42.1 Å². The summed E-state index contributed by atoms with van der Waals surface area (Å²) in [5.41, 5.74) is 6.62. The van der Waals surface area contributed by atoms with E-state index in [0.29, 0.717) is 11.3 Å². The Balaban J connectivity index is 1.49. The SMILES string of the molecule is NC1=NC(=O)C(CC(=O)Nc2ccc(C(=O)OCC(=O)c3ccccc3)cc2)S1. The number of nitrogens with zero attached hydrogens (tertiary/aromatic N) is 1. The maximum Gasteiger partial charge on any atom is 0.338 e. The number of carbonyl (C=O) groups is 4. The van der Waals surface area contributed by atoms with E-state index < -0.39 is 17.1 Å². The lowest BCUT2D eigenvalue weighted by Crippen LogP contribution is -2.21. The Morgan fingerprint density at radius 1 is 1.03 bits per heavy atom. The van der Waals surface area contributed by atoms with Gasteiger partial charge in [0.2, 0.25) is 5.91 Å². The molecular weight excluding hydrogens is 394 g/mol. The van der Waals surface area contributed by atoms with Crippen molar-refractivity contribution in [2.24, 2.45) is 10.7 Å². The van der Waals surface area contributed by atoms with E-state index in [1.165, 1.54) is 24.3 Å². The van der Waals surface area contributed by atoms with Crippen LogP contribution in [0.5, 0.6) is 0 Å². The van der Waals surface area contributed by atoms with Crippen LogP contribution in [0.25, 0.3) is 0 Å². The molecule has 2 aromatic carbocycles. The van der Waals surface area contributed by atoms with Crippen molar-refractivity contribution in [3.63, 3.8) is 0 Å². The highest BCUT2D eigenvalue weighted by Gasteiger charge is 2.29. The van der Waals surface area contributed by atoms with Gasteiger partial charge in [0.1, 0.15) is 5.25 Å². The van der Waals surface area contributed by atoms with E-state index in [2.05, 4.69) is 10.3 Å². The minimum Gasteiger partial charge on any atom is -0.454 e. The van der Waals surface area contributed by atoms with E-state index >= 15 is 0 Å². The molecule has 29 heavy (non-hydrogen) atoms. The smallest absolute Gasteiger partial charge is 0.338 e. The molecule has 1 aliphatic heterocycles. The molecule has 0 radical (unpaired) electrons. The third-order valence-corrected chi connectivity index (χ3v) is 4.95. The van der Waals surface area contributed by atoms with Gasteiger partial charge in [0.05, 0.1) is 5.56 Å². The number of nitrogens with one attached hydrogen (secondary N) is 1. The van der Waals surface area contributed by atoms with Gasteiger partial charge in [-0.2, -0.15) is 4.99 Å². The first-order valence-electron chi connectivity index (χ1n) is 8.62. The van der Waals surface area contributed by atoms with Crippen molar-refractivity contribution < 1.29 is 23.9 Å². The first kappa shape index (κ1) is 20.3. The summed E-state index contributed by atoms with van der Waals surface area (Å²) in [5, 5.41) is 2.17. The molecule has 2 amide bonds. The van der Waals surface area contributed by atoms with Crippen molar-refractivity contribution in [3.05, 3.63) is 65.7 Å². The number of hydrogen-bond acceptors (Lipinski definition) is 7. The summed E-state index contributed by atoms with van der Waals surface area (Å²) in [5.74, 6) is -1.74. The minimum atomic E-state index is -0.646. The van der Waals surface area contributed by atoms with Crippen LogP contribution in [0.3, 0.4) is 0 Å². The Labute approximate surface area is 170 Å². The number of rotatable bonds is 7. The average Bonchev–Trinajstić information content (AvgIpc) is 3.03. The van der Waals surface area contributed by atoms with E-state index in [-0.39, 0.29) is 35.4 Å². The van der Waals surface area contributed by atoms with Gasteiger partial charge in [0.25, 0.3) is 5.91 Å². The molecule has 1 aliphatic rings. The van der Waals surface area contributed by atoms with Crippen molar-refractivity contribution in [1.82, 2.24) is 0 Å². The van der Waals surface area contributed by atoms with Crippen molar-refractivity contribution in [3.8, 4) is 0 Å². The number of Topliss-reactive ketones (excluding diaryl/α,β-unsaturated/α-hetero) is 1. The van der Waals surface area contributed by atoms with Gasteiger partial charge in [0, 0.05) is 17.7 Å². The zero-order chi connectivity index (χ0) is 20.8. The summed E-state index contributed by atoms with van der Waals surface area (Å²) >= 11 is 1.05. The van der Waals surface area contributed by atoms with Gasteiger partial charge in [-0.15, -0.1) is 0 Å². The zero-order valence-electron chi connectivity index (χ0n) is 15.2. The Morgan fingerprint density at radius 2 is 1.72 bits per heavy atom. The highest BCUT2D eigenvalue weighted by Crippen LogP contribution is 2.23. The third kappa shape index (κ3) is 5.52. The van der Waals surface area contributed by atoms with Crippen molar-refractivity contribution in [1.29, 1.82) is 0 Å². The van der Waals surface area contributed by atoms with Crippen LogP contribution >= 0.6 is 11.8 Å². The molecule has 0 bridgehead atoms. The summed E-state index contributed by atoms with van der Waals surface area (Å²) < 4.78 is 5.04. The standard InChI is InChI=1S/C20H17N3O5S/c21-20-23-18(26)16(29-20)10-17(25)22-14-8-6-13(7-9-14)19(27)28-11-15(24)12-4-2-1-3-5-12/h1-9,16H,10-11H2,(H,22,25)(H2,21,23,26). The molecule has 0 saturated carbocycles. The summed E-state index contributed by atoms with van der Waals surface area (Å²) in [6.07, 6.45) is -0.0565. The number of amidine groups is 1. The summed E-state index contributed by atoms with van der Waals surface area (Å²) in [4.78, 5) is 51.2. The van der Waals surface area contributed by atoms with Gasteiger partial charge in [-0.3, -0.25) is 14.4 Å². The van der Waals surface area contributed by atoms with Crippen LogP contribution in [-0.4, -0.2) is 40.6 Å². The number of amides is 2. The fourth-order valence-electron chi connectivity index (χ4n) is 2.52. The number of hydrogen-bond donors (Lipinski definition) is 2. The van der Waals surface area contributed by atoms with Crippen molar-refractivity contribution >= 4 is 46.2 Å². The third-order valence-electron chi connectivity index (χ3n) is 3.96. The number of nitrogens with two attached hydrogens (primary N) is 1. The predicted octanol–water partition coefficient (Wildman–Crippen LogP) is 2.01. The van der Waals surface area contributed by atoms with Crippen molar-refractivity contribution in [2.45, 2.75) is 11.7 Å². The summed E-state index contributed by atoms with van der Waals surface area (Å²) in [6, 6.07) is 14.5. The van der Waals surface area contributed by atoms with E-state index in [0.717, 1.165) is 11.8 Å². The first-order valence-corrected chi connectivity index (χ1v) is 9.50. The quantitative estimate of drug-likeness (QED) is 0.527. The Hall–Kier alpha value is -3.46. The number of ketones is 1. The molecule has 8 nitrogen and oxygen atoms in total. The molecule has 0 aromatic heterocycles. The monoisotopic (exact) mass is 411 g/mol. The molecule has 148 valence electrons. The fraction of sp³-hybridized carbons (Fsp3) is 0.150. The number of carbonyl (C=O) groups excluding carboxylic acids is 4. The molecule has 0 spiro atoms. The molecule has 0 aliphatic carbocycles. The minimum absolute atomic E-state index is 0.0565. The van der Waals surface area contributed by atoms with Gasteiger partial charge in [0.15, 0.2) is 17.6 Å². The van der Waals surface area contributed by atoms with Gasteiger partial charge >= 0.3 is 5.97 Å². The first-order chi connectivity index (χ1) is 13.9. The van der Waals surface area contributed by atoms with Crippen LogP contribution in [0.2, 0.25) is 0 Å². The van der Waals surface area contributed by atoms with E-state index in [1.54, 1.807) is 30.3 Å². The van der Waals surface area contributed by atoms with E-state index in [9.17, 15) is 19.2 Å². The average molecular weight is 411 g/mol. The molecule has 0 saturated heterocycles. The highest BCUT2D eigenvalue weighted by molar-refractivity contribution is 8.15. The van der Waals surface area contributed by atoms with Crippen molar-refractivity contribution in [2.75, 3.05) is 11.9 Å². The van der Waals surface area contributed by atoms with Gasteiger partial charge in [-0.05, 0) is 24.3 Å². The van der Waals surface area contributed by atoms with Crippen LogP contribution in [0.15, 0.2) is 59.6 Å². The molecule has 1 unspecified atom stereocenters. The number of ether oxygens (including phenoxy) is 1. The fourth-order valence-corrected chi connectivity index (χ4v) is 3.35. The topological polar surface area (TPSA) is 128 Å². The highest BCUT2D eigenvalue weighted by atomic mass is 32.2. The number of anilines is 1. The molecule has 0 fully saturated rings. The van der Waals surface area contributed by atoms with Crippen LogP contribution in [0.1, 0.15) is 27.1 Å².